The molecule has 0 fully saturated rings. The maximum atomic E-state index is 12.5. The van der Waals surface area contributed by atoms with E-state index in [1.54, 1.807) is 11.1 Å². The lowest BCUT2D eigenvalue weighted by atomic mass is 10.1. The number of hydrogen-bond acceptors (Lipinski definition) is 5. The number of imidazole rings is 1. The summed E-state index contributed by atoms with van der Waals surface area (Å²) in [5.74, 6) is -0.793. The highest BCUT2D eigenvalue weighted by Gasteiger charge is 2.20. The number of nitrogens with zero attached hydrogens (tertiary/aromatic N) is 4. The van der Waals surface area contributed by atoms with E-state index in [0.29, 0.717) is 18.8 Å². The van der Waals surface area contributed by atoms with Gasteiger partial charge in [-0.1, -0.05) is 30.3 Å². The fraction of sp³-hybridized carbons (Fsp3) is 0.190. The third kappa shape index (κ3) is 4.88. The van der Waals surface area contributed by atoms with E-state index >= 15 is 0 Å². The van der Waals surface area contributed by atoms with Crippen LogP contribution in [0.4, 0.5) is 5.69 Å². The Morgan fingerprint density at radius 1 is 1.20 bits per heavy atom. The van der Waals surface area contributed by atoms with Crippen molar-refractivity contribution in [3.63, 3.8) is 0 Å². The molecule has 3 aromatic rings. The van der Waals surface area contributed by atoms with E-state index in [1.807, 2.05) is 37.3 Å². The second kappa shape index (κ2) is 9.46. The highest BCUT2D eigenvalue weighted by molar-refractivity contribution is 5.97. The summed E-state index contributed by atoms with van der Waals surface area (Å²) in [6.45, 7) is 2.60. The Morgan fingerprint density at radius 2 is 1.97 bits per heavy atom. The lowest BCUT2D eigenvalue weighted by Crippen LogP contribution is -2.39. The number of benzene rings is 2. The molecule has 0 unspecified atom stereocenters. The van der Waals surface area contributed by atoms with Crippen LogP contribution < -0.4 is 5.32 Å². The number of aromatic nitrogens is 2. The van der Waals surface area contributed by atoms with E-state index in [0.717, 1.165) is 5.56 Å². The summed E-state index contributed by atoms with van der Waals surface area (Å²) in [7, 11) is 0. The molecule has 0 atom stereocenters. The maximum absolute atomic E-state index is 12.5. The molecule has 0 saturated heterocycles. The van der Waals surface area contributed by atoms with Crippen LogP contribution in [0.2, 0.25) is 0 Å². The summed E-state index contributed by atoms with van der Waals surface area (Å²) in [6, 6.07) is 13.7. The molecule has 0 aliphatic rings. The minimum absolute atomic E-state index is 0.101. The quantitative estimate of drug-likeness (QED) is 0.456. The van der Waals surface area contributed by atoms with Gasteiger partial charge in [-0.15, -0.1) is 0 Å². The molecule has 2 aromatic carbocycles. The molecule has 154 valence electrons. The maximum Gasteiger partial charge on any atom is 0.294 e. The average molecular weight is 407 g/mol. The number of nitro groups is 1. The van der Waals surface area contributed by atoms with E-state index in [-0.39, 0.29) is 23.7 Å². The summed E-state index contributed by atoms with van der Waals surface area (Å²) in [6.07, 6.45) is 4.52. The van der Waals surface area contributed by atoms with Crippen LogP contribution in [0.5, 0.6) is 0 Å². The molecule has 1 heterocycles. The number of nitro benzene ring substituents is 1. The van der Waals surface area contributed by atoms with Gasteiger partial charge in [-0.2, -0.15) is 0 Å². The normalized spacial score (nSPS) is 10.4. The average Bonchev–Trinajstić information content (AvgIpc) is 3.30. The first-order valence-electron chi connectivity index (χ1n) is 9.36. The van der Waals surface area contributed by atoms with Crippen LogP contribution in [0.1, 0.15) is 22.8 Å². The second-order valence-electron chi connectivity index (χ2n) is 6.51. The minimum atomic E-state index is -0.560. The van der Waals surface area contributed by atoms with E-state index in [2.05, 4.69) is 10.3 Å². The summed E-state index contributed by atoms with van der Waals surface area (Å²) >= 11 is 0. The molecule has 1 aromatic heterocycles. The molecule has 0 aliphatic carbocycles. The van der Waals surface area contributed by atoms with E-state index in [4.69, 9.17) is 0 Å². The van der Waals surface area contributed by atoms with Gasteiger partial charge >= 0.3 is 0 Å². The zero-order valence-corrected chi connectivity index (χ0v) is 16.4. The molecule has 3 rings (SSSR count). The van der Waals surface area contributed by atoms with Crippen molar-refractivity contribution in [2.45, 2.75) is 13.5 Å². The monoisotopic (exact) mass is 407 g/mol. The second-order valence-corrected chi connectivity index (χ2v) is 6.51. The van der Waals surface area contributed by atoms with Crippen molar-refractivity contribution >= 4 is 17.5 Å². The van der Waals surface area contributed by atoms with Crippen molar-refractivity contribution in [3.05, 3.63) is 88.5 Å². The van der Waals surface area contributed by atoms with Gasteiger partial charge in [-0.25, -0.2) is 4.98 Å². The molecule has 9 nitrogen and oxygen atoms in total. The zero-order valence-electron chi connectivity index (χ0n) is 16.4. The number of rotatable bonds is 8. The predicted octanol–water partition coefficient (Wildman–Crippen LogP) is 2.56. The number of carbonyl (C=O) groups excluding carboxylic acids is 2. The fourth-order valence-corrected chi connectivity index (χ4v) is 2.98. The van der Waals surface area contributed by atoms with Crippen LogP contribution >= 0.6 is 0 Å². The highest BCUT2D eigenvalue weighted by atomic mass is 16.6. The SMILES string of the molecule is CCN(Cc1ccccc1)C(=O)CNC(=O)c1ccc(-n2ccnc2)c([N+](=O)[O-])c1. The van der Waals surface area contributed by atoms with Crippen LogP contribution in [0.3, 0.4) is 0 Å². The number of carbonyl (C=O) groups is 2. The fourth-order valence-electron chi connectivity index (χ4n) is 2.98. The summed E-state index contributed by atoms with van der Waals surface area (Å²) in [4.78, 5) is 41.3. The molecule has 0 radical (unpaired) electrons. The van der Waals surface area contributed by atoms with Crippen LogP contribution in [0, 0.1) is 10.1 Å². The number of hydrogen-bond donors (Lipinski definition) is 1. The number of nitrogens with one attached hydrogen (secondary N) is 1. The molecule has 9 heteroatoms. The van der Waals surface area contributed by atoms with Gasteiger partial charge < -0.3 is 14.8 Å². The molecular formula is C21H21N5O4. The van der Waals surface area contributed by atoms with Crippen molar-refractivity contribution in [1.29, 1.82) is 0 Å². The molecule has 0 spiro atoms. The lowest BCUT2D eigenvalue weighted by molar-refractivity contribution is -0.384. The topological polar surface area (TPSA) is 110 Å². The van der Waals surface area contributed by atoms with Gasteiger partial charge in [0.25, 0.3) is 11.6 Å². The standard InChI is InChI=1S/C21H21N5O4/c1-2-24(14-16-6-4-3-5-7-16)20(27)13-23-21(28)17-8-9-18(19(12-17)26(29)30)25-11-10-22-15-25/h3-12,15H,2,13-14H2,1H3,(H,23,28). The Bertz CT molecular complexity index is 1030. The molecule has 0 bridgehead atoms. The first-order valence-corrected chi connectivity index (χ1v) is 9.36. The van der Waals surface area contributed by atoms with Crippen molar-refractivity contribution in [1.82, 2.24) is 19.8 Å². The van der Waals surface area contributed by atoms with Crippen molar-refractivity contribution in [3.8, 4) is 5.69 Å². The number of amides is 2. The number of likely N-dealkylation sites (N-methyl/N-ethyl adjacent to an activating group) is 1. The molecular weight excluding hydrogens is 386 g/mol. The molecule has 2 amide bonds. The van der Waals surface area contributed by atoms with Gasteiger partial charge in [0, 0.05) is 37.1 Å². The third-order valence-corrected chi connectivity index (χ3v) is 4.57. The van der Waals surface area contributed by atoms with Crippen LogP contribution in [0.25, 0.3) is 5.69 Å². The van der Waals surface area contributed by atoms with Gasteiger partial charge in [-0.05, 0) is 24.6 Å². The van der Waals surface area contributed by atoms with Crippen molar-refractivity contribution < 1.29 is 14.5 Å². The van der Waals surface area contributed by atoms with E-state index in [1.165, 1.54) is 35.3 Å². The summed E-state index contributed by atoms with van der Waals surface area (Å²) in [5.41, 5.74) is 1.16. The van der Waals surface area contributed by atoms with Crippen molar-refractivity contribution in [2.24, 2.45) is 0 Å². The summed E-state index contributed by atoms with van der Waals surface area (Å²) < 4.78 is 1.49. The Kier molecular flexibility index (Phi) is 6.53. The van der Waals surface area contributed by atoms with Gasteiger partial charge in [0.15, 0.2) is 0 Å². The molecule has 1 N–H and O–H groups in total. The first kappa shape index (κ1) is 20.7. The third-order valence-electron chi connectivity index (χ3n) is 4.57. The van der Waals surface area contributed by atoms with Gasteiger partial charge in [0.05, 0.1) is 17.8 Å². The minimum Gasteiger partial charge on any atom is -0.343 e. The molecule has 0 aliphatic heterocycles. The predicted molar refractivity (Wildman–Crippen MR) is 110 cm³/mol. The van der Waals surface area contributed by atoms with Gasteiger partial charge in [0.2, 0.25) is 5.91 Å². The Labute approximate surface area is 173 Å². The molecule has 0 saturated carbocycles. The Balaban J connectivity index is 1.67. The van der Waals surface area contributed by atoms with Gasteiger partial charge in [-0.3, -0.25) is 19.7 Å². The first-order chi connectivity index (χ1) is 14.5. The van der Waals surface area contributed by atoms with Crippen molar-refractivity contribution in [2.75, 3.05) is 13.1 Å². The smallest absolute Gasteiger partial charge is 0.294 e. The zero-order chi connectivity index (χ0) is 21.5. The molecule has 30 heavy (non-hydrogen) atoms. The highest BCUT2D eigenvalue weighted by Crippen LogP contribution is 2.24. The largest absolute Gasteiger partial charge is 0.343 e. The van der Waals surface area contributed by atoms with E-state index < -0.39 is 10.8 Å². The van der Waals surface area contributed by atoms with Gasteiger partial charge in [0.1, 0.15) is 5.69 Å². The lowest BCUT2D eigenvalue weighted by Gasteiger charge is -2.21. The Hall–Kier alpha value is -4.01. The Morgan fingerprint density at radius 3 is 2.60 bits per heavy atom. The van der Waals surface area contributed by atoms with E-state index in [9.17, 15) is 19.7 Å². The van der Waals surface area contributed by atoms with Crippen LogP contribution in [-0.4, -0.2) is 44.3 Å². The van der Waals surface area contributed by atoms with Crippen LogP contribution in [-0.2, 0) is 11.3 Å². The van der Waals surface area contributed by atoms with Crippen LogP contribution in [0.15, 0.2) is 67.3 Å². The summed E-state index contributed by atoms with van der Waals surface area (Å²) in [5, 5.41) is 14.0.